The summed E-state index contributed by atoms with van der Waals surface area (Å²) in [5.74, 6) is -1.64. The summed E-state index contributed by atoms with van der Waals surface area (Å²) in [6.07, 6.45) is 1.30. The van der Waals surface area contributed by atoms with Crippen molar-refractivity contribution in [2.24, 2.45) is 0 Å². The molecular weight excluding hydrogens is 237 g/mol. The molecule has 0 amide bonds. The Bertz CT molecular complexity index is 577. The van der Waals surface area contributed by atoms with Gasteiger partial charge in [0.1, 0.15) is 5.82 Å². The first kappa shape index (κ1) is 12.2. The van der Waals surface area contributed by atoms with Crippen molar-refractivity contribution >= 4 is 11.7 Å². The standard InChI is InChI=1S/C13H12FNO3/c1-8-2-3-10(14)11(6-8)15-7-9-4-5-18-12(9)13(16)17/h2-6,15H,7H2,1H3,(H,16,17). The predicted octanol–water partition coefficient (Wildman–Crippen LogP) is 3.04. The van der Waals surface area contributed by atoms with E-state index in [0.29, 0.717) is 11.3 Å². The number of nitrogens with one attached hydrogen (secondary N) is 1. The molecule has 0 aliphatic heterocycles. The highest BCUT2D eigenvalue weighted by Gasteiger charge is 2.13. The number of aromatic carboxylic acids is 1. The summed E-state index contributed by atoms with van der Waals surface area (Å²) < 4.78 is 18.3. The van der Waals surface area contributed by atoms with Crippen molar-refractivity contribution in [2.75, 3.05) is 5.32 Å². The van der Waals surface area contributed by atoms with E-state index < -0.39 is 5.97 Å². The van der Waals surface area contributed by atoms with Crippen LogP contribution in [-0.4, -0.2) is 11.1 Å². The van der Waals surface area contributed by atoms with Gasteiger partial charge in [0.25, 0.3) is 0 Å². The molecule has 0 saturated carbocycles. The van der Waals surface area contributed by atoms with Gasteiger partial charge in [-0.25, -0.2) is 9.18 Å². The van der Waals surface area contributed by atoms with Crippen LogP contribution in [0.1, 0.15) is 21.7 Å². The first-order valence-corrected chi connectivity index (χ1v) is 5.37. The molecule has 0 spiro atoms. The van der Waals surface area contributed by atoms with E-state index in [1.807, 2.05) is 6.92 Å². The Morgan fingerprint density at radius 2 is 2.22 bits per heavy atom. The molecular formula is C13H12FNO3. The van der Waals surface area contributed by atoms with Crippen LogP contribution < -0.4 is 5.32 Å². The van der Waals surface area contributed by atoms with Gasteiger partial charge in [-0.2, -0.15) is 0 Å². The number of carbonyl (C=O) groups is 1. The van der Waals surface area contributed by atoms with Crippen molar-refractivity contribution in [3.05, 3.63) is 53.2 Å². The van der Waals surface area contributed by atoms with Crippen LogP contribution in [0.3, 0.4) is 0 Å². The Labute approximate surface area is 103 Å². The van der Waals surface area contributed by atoms with E-state index in [1.54, 1.807) is 18.2 Å². The van der Waals surface area contributed by atoms with Crippen LogP contribution in [0.4, 0.5) is 10.1 Å². The molecule has 1 aromatic heterocycles. The summed E-state index contributed by atoms with van der Waals surface area (Å²) in [7, 11) is 0. The number of hydrogen-bond acceptors (Lipinski definition) is 3. The number of carboxylic acid groups (broad SMARTS) is 1. The van der Waals surface area contributed by atoms with Crippen LogP contribution >= 0.6 is 0 Å². The molecule has 5 heteroatoms. The molecule has 0 bridgehead atoms. The van der Waals surface area contributed by atoms with Gasteiger partial charge in [0.2, 0.25) is 5.76 Å². The second kappa shape index (κ2) is 4.91. The van der Waals surface area contributed by atoms with Gasteiger partial charge in [0.05, 0.1) is 12.0 Å². The van der Waals surface area contributed by atoms with Crippen molar-refractivity contribution in [1.29, 1.82) is 0 Å². The first-order chi connectivity index (χ1) is 8.58. The Hall–Kier alpha value is -2.30. The third-order valence-electron chi connectivity index (χ3n) is 2.53. The number of anilines is 1. The smallest absolute Gasteiger partial charge is 0.372 e. The van der Waals surface area contributed by atoms with E-state index in [9.17, 15) is 9.18 Å². The number of carboxylic acids is 1. The number of hydrogen-bond donors (Lipinski definition) is 2. The van der Waals surface area contributed by atoms with E-state index in [-0.39, 0.29) is 18.1 Å². The van der Waals surface area contributed by atoms with Crippen LogP contribution in [0.2, 0.25) is 0 Å². The zero-order valence-electron chi connectivity index (χ0n) is 9.74. The molecule has 0 unspecified atom stereocenters. The molecule has 94 valence electrons. The zero-order chi connectivity index (χ0) is 13.1. The monoisotopic (exact) mass is 249 g/mol. The van der Waals surface area contributed by atoms with Gasteiger partial charge >= 0.3 is 5.97 Å². The average Bonchev–Trinajstić information content (AvgIpc) is 2.79. The predicted molar refractivity (Wildman–Crippen MR) is 64.1 cm³/mol. The number of aryl methyl sites for hydroxylation is 1. The molecule has 1 heterocycles. The van der Waals surface area contributed by atoms with Crippen LogP contribution in [0, 0.1) is 12.7 Å². The summed E-state index contributed by atoms with van der Waals surface area (Å²) >= 11 is 0. The Balaban J connectivity index is 2.14. The van der Waals surface area contributed by atoms with E-state index in [1.165, 1.54) is 12.3 Å². The van der Waals surface area contributed by atoms with Gasteiger partial charge in [-0.1, -0.05) is 6.07 Å². The van der Waals surface area contributed by atoms with Gasteiger partial charge in [-0.05, 0) is 30.7 Å². The van der Waals surface area contributed by atoms with Gasteiger partial charge < -0.3 is 14.8 Å². The average molecular weight is 249 g/mol. The fraction of sp³-hybridized carbons (Fsp3) is 0.154. The van der Waals surface area contributed by atoms with Crippen LogP contribution in [0.5, 0.6) is 0 Å². The molecule has 2 rings (SSSR count). The second-order valence-electron chi connectivity index (χ2n) is 3.92. The third-order valence-corrected chi connectivity index (χ3v) is 2.53. The second-order valence-corrected chi connectivity index (χ2v) is 3.92. The Morgan fingerprint density at radius 1 is 1.44 bits per heavy atom. The maximum Gasteiger partial charge on any atom is 0.372 e. The summed E-state index contributed by atoms with van der Waals surface area (Å²) in [5.41, 5.74) is 1.74. The molecule has 0 aliphatic rings. The lowest BCUT2D eigenvalue weighted by Crippen LogP contribution is -2.05. The fourth-order valence-electron chi connectivity index (χ4n) is 1.63. The first-order valence-electron chi connectivity index (χ1n) is 5.37. The highest BCUT2D eigenvalue weighted by Crippen LogP contribution is 2.18. The Kier molecular flexibility index (Phi) is 3.32. The molecule has 4 nitrogen and oxygen atoms in total. The van der Waals surface area contributed by atoms with E-state index >= 15 is 0 Å². The minimum atomic E-state index is -1.14. The summed E-state index contributed by atoms with van der Waals surface area (Å²) in [4.78, 5) is 10.8. The van der Waals surface area contributed by atoms with Gasteiger partial charge in [0, 0.05) is 12.1 Å². The topological polar surface area (TPSA) is 62.5 Å². The minimum absolute atomic E-state index is 0.129. The molecule has 0 radical (unpaired) electrons. The summed E-state index contributed by atoms with van der Waals surface area (Å²) in [5, 5.41) is 11.7. The Morgan fingerprint density at radius 3 is 2.94 bits per heavy atom. The quantitative estimate of drug-likeness (QED) is 0.874. The minimum Gasteiger partial charge on any atom is -0.475 e. The van der Waals surface area contributed by atoms with Crippen molar-refractivity contribution in [3.8, 4) is 0 Å². The molecule has 1 aromatic carbocycles. The van der Waals surface area contributed by atoms with Gasteiger partial charge in [-0.15, -0.1) is 0 Å². The van der Waals surface area contributed by atoms with E-state index in [0.717, 1.165) is 5.56 Å². The van der Waals surface area contributed by atoms with Crippen LogP contribution in [0.15, 0.2) is 34.9 Å². The SMILES string of the molecule is Cc1ccc(F)c(NCc2ccoc2C(=O)O)c1. The van der Waals surface area contributed by atoms with Crippen molar-refractivity contribution in [1.82, 2.24) is 0 Å². The molecule has 2 aromatic rings. The van der Waals surface area contributed by atoms with Gasteiger partial charge in [-0.3, -0.25) is 0 Å². The van der Waals surface area contributed by atoms with E-state index in [2.05, 4.69) is 5.32 Å². The highest BCUT2D eigenvalue weighted by atomic mass is 19.1. The number of benzene rings is 1. The van der Waals surface area contributed by atoms with E-state index in [4.69, 9.17) is 9.52 Å². The number of furan rings is 1. The zero-order valence-corrected chi connectivity index (χ0v) is 9.74. The van der Waals surface area contributed by atoms with Crippen molar-refractivity contribution in [3.63, 3.8) is 0 Å². The number of rotatable bonds is 4. The lowest BCUT2D eigenvalue weighted by Gasteiger charge is -2.07. The lowest BCUT2D eigenvalue weighted by atomic mass is 10.2. The molecule has 0 fully saturated rings. The summed E-state index contributed by atoms with van der Waals surface area (Å²) in [6, 6.07) is 6.24. The lowest BCUT2D eigenvalue weighted by molar-refractivity contribution is 0.0661. The maximum absolute atomic E-state index is 13.5. The van der Waals surface area contributed by atoms with Gasteiger partial charge in [0.15, 0.2) is 0 Å². The fourth-order valence-corrected chi connectivity index (χ4v) is 1.63. The molecule has 0 atom stereocenters. The third kappa shape index (κ3) is 2.51. The number of halogens is 1. The van der Waals surface area contributed by atoms with Crippen LogP contribution in [0.25, 0.3) is 0 Å². The molecule has 0 aliphatic carbocycles. The van der Waals surface area contributed by atoms with Crippen molar-refractivity contribution < 1.29 is 18.7 Å². The van der Waals surface area contributed by atoms with Crippen molar-refractivity contribution in [2.45, 2.75) is 13.5 Å². The largest absolute Gasteiger partial charge is 0.475 e. The maximum atomic E-state index is 13.5. The molecule has 18 heavy (non-hydrogen) atoms. The molecule has 0 saturated heterocycles. The summed E-state index contributed by atoms with van der Waals surface area (Å²) in [6.45, 7) is 2.05. The highest BCUT2D eigenvalue weighted by molar-refractivity contribution is 5.86. The normalized spacial score (nSPS) is 10.3. The van der Waals surface area contributed by atoms with Crippen LogP contribution in [-0.2, 0) is 6.54 Å². The molecule has 2 N–H and O–H groups in total.